The Labute approximate surface area is 204 Å². The molecule has 0 saturated carbocycles. The Kier molecular flexibility index (Phi) is 7.89. The number of carbonyl (C=O) groups excluding carboxylic acids is 2. The van der Waals surface area contributed by atoms with Gasteiger partial charge in [-0.15, -0.1) is 11.3 Å². The Balaban J connectivity index is 1.67. The maximum Gasteiger partial charge on any atom is 0.252 e. The van der Waals surface area contributed by atoms with Crippen molar-refractivity contribution in [3.8, 4) is 11.3 Å². The number of thiazole rings is 1. The molecule has 34 heavy (non-hydrogen) atoms. The van der Waals surface area contributed by atoms with Crippen molar-refractivity contribution in [1.29, 1.82) is 0 Å². The van der Waals surface area contributed by atoms with E-state index in [1.54, 1.807) is 33.8 Å². The molecule has 0 saturated heterocycles. The smallest absolute Gasteiger partial charge is 0.252 e. The first-order valence-corrected chi connectivity index (χ1v) is 13.4. The van der Waals surface area contributed by atoms with Gasteiger partial charge in [0.15, 0.2) is 15.0 Å². The summed E-state index contributed by atoms with van der Waals surface area (Å²) in [6.45, 7) is 8.46. The average Bonchev–Trinajstić information content (AvgIpc) is 3.25. The third kappa shape index (κ3) is 5.71. The lowest BCUT2D eigenvalue weighted by Crippen LogP contribution is -2.33. The molecule has 0 aliphatic carbocycles. The number of carbonyl (C=O) groups is 2. The van der Waals surface area contributed by atoms with E-state index in [1.807, 2.05) is 17.5 Å². The molecule has 2 N–H and O–H groups in total. The van der Waals surface area contributed by atoms with Gasteiger partial charge in [-0.05, 0) is 62.9 Å². The largest absolute Gasteiger partial charge is 0.343 e. The number of nitrogens with zero attached hydrogens (tertiary/aromatic N) is 1. The van der Waals surface area contributed by atoms with E-state index in [2.05, 4.69) is 34.7 Å². The fourth-order valence-electron chi connectivity index (χ4n) is 3.47. The van der Waals surface area contributed by atoms with Crippen molar-refractivity contribution in [3.63, 3.8) is 0 Å². The van der Waals surface area contributed by atoms with E-state index in [0.29, 0.717) is 16.3 Å². The molecular formula is C25H29N3O4S2. The van der Waals surface area contributed by atoms with E-state index in [0.717, 1.165) is 17.7 Å². The van der Waals surface area contributed by atoms with Crippen LogP contribution in [0, 0.1) is 13.8 Å². The lowest BCUT2D eigenvalue weighted by Gasteiger charge is -2.14. The van der Waals surface area contributed by atoms with Crippen LogP contribution in [0.1, 0.15) is 47.8 Å². The van der Waals surface area contributed by atoms with E-state index < -0.39 is 26.9 Å². The van der Waals surface area contributed by atoms with Gasteiger partial charge in [-0.3, -0.25) is 9.59 Å². The summed E-state index contributed by atoms with van der Waals surface area (Å²) in [5, 5.41) is 6.97. The highest BCUT2D eigenvalue weighted by atomic mass is 32.2. The number of benzene rings is 2. The second kappa shape index (κ2) is 10.5. The van der Waals surface area contributed by atoms with Crippen LogP contribution < -0.4 is 10.6 Å². The Bertz CT molecular complexity index is 1330. The molecule has 3 aromatic rings. The van der Waals surface area contributed by atoms with E-state index >= 15 is 0 Å². The standard InChI is InChI=1S/C25H29N3O4S2/c1-6-18-8-7-9-19(11-18)21-14-33-25(27-21)28-23(29)13-26-24(30)20-12-22(17(5)10-16(20)4)34(31,32)15(2)3/h7-12,14-15H,6,13H2,1-5H3,(H,26,30)(H,27,28,29). The Morgan fingerprint density at radius 1 is 1.09 bits per heavy atom. The van der Waals surface area contributed by atoms with Gasteiger partial charge in [-0.1, -0.05) is 31.2 Å². The number of nitrogens with one attached hydrogen (secondary N) is 2. The molecule has 0 atom stereocenters. The van der Waals surface area contributed by atoms with Gasteiger partial charge < -0.3 is 10.6 Å². The SMILES string of the molecule is CCc1cccc(-c2csc(NC(=O)CNC(=O)c3cc(S(=O)(=O)C(C)C)c(C)cc3C)n2)c1. The summed E-state index contributed by atoms with van der Waals surface area (Å²) in [6, 6.07) is 11.1. The lowest BCUT2D eigenvalue weighted by molar-refractivity contribution is -0.115. The average molecular weight is 500 g/mol. The Morgan fingerprint density at radius 3 is 2.50 bits per heavy atom. The normalized spacial score (nSPS) is 11.5. The van der Waals surface area contributed by atoms with Crippen LogP contribution >= 0.6 is 11.3 Å². The topological polar surface area (TPSA) is 105 Å². The first-order valence-electron chi connectivity index (χ1n) is 11.0. The van der Waals surface area contributed by atoms with Gasteiger partial charge in [0, 0.05) is 16.5 Å². The highest BCUT2D eigenvalue weighted by molar-refractivity contribution is 7.92. The molecule has 2 aromatic carbocycles. The van der Waals surface area contributed by atoms with Crippen molar-refractivity contribution in [2.24, 2.45) is 0 Å². The minimum absolute atomic E-state index is 0.130. The lowest BCUT2D eigenvalue weighted by atomic mass is 10.1. The molecule has 1 heterocycles. The molecule has 0 aliphatic rings. The number of anilines is 1. The molecule has 1 aromatic heterocycles. The minimum atomic E-state index is -3.54. The summed E-state index contributed by atoms with van der Waals surface area (Å²) in [7, 11) is -3.54. The highest BCUT2D eigenvalue weighted by Gasteiger charge is 2.24. The maximum absolute atomic E-state index is 12.7. The zero-order chi connectivity index (χ0) is 25.0. The van der Waals surface area contributed by atoms with Crippen LogP contribution in [0.3, 0.4) is 0 Å². The monoisotopic (exact) mass is 499 g/mol. The van der Waals surface area contributed by atoms with Gasteiger partial charge in [-0.25, -0.2) is 13.4 Å². The molecule has 0 unspecified atom stereocenters. The van der Waals surface area contributed by atoms with Crippen molar-refractivity contribution >= 4 is 38.1 Å². The van der Waals surface area contributed by atoms with Crippen molar-refractivity contribution < 1.29 is 18.0 Å². The number of aromatic nitrogens is 1. The van der Waals surface area contributed by atoms with Gasteiger partial charge in [0.05, 0.1) is 22.4 Å². The predicted octanol–water partition coefficient (Wildman–Crippen LogP) is 4.54. The zero-order valence-corrected chi connectivity index (χ0v) is 21.6. The molecule has 180 valence electrons. The van der Waals surface area contributed by atoms with E-state index in [-0.39, 0.29) is 17.0 Å². The van der Waals surface area contributed by atoms with Crippen LogP contribution in [0.15, 0.2) is 46.7 Å². The molecular weight excluding hydrogens is 470 g/mol. The van der Waals surface area contributed by atoms with Crippen LogP contribution in [0.2, 0.25) is 0 Å². The summed E-state index contributed by atoms with van der Waals surface area (Å²) >= 11 is 1.31. The van der Waals surface area contributed by atoms with Crippen LogP contribution in [0.4, 0.5) is 5.13 Å². The van der Waals surface area contributed by atoms with E-state index in [4.69, 9.17) is 0 Å². The highest BCUT2D eigenvalue weighted by Crippen LogP contribution is 2.26. The summed E-state index contributed by atoms with van der Waals surface area (Å²) in [6.07, 6.45) is 0.923. The quantitative estimate of drug-likeness (QED) is 0.473. The van der Waals surface area contributed by atoms with Crippen molar-refractivity contribution in [2.45, 2.75) is 51.2 Å². The number of sulfone groups is 1. The van der Waals surface area contributed by atoms with Crippen LogP contribution in [-0.4, -0.2) is 37.0 Å². The molecule has 7 nitrogen and oxygen atoms in total. The Morgan fingerprint density at radius 2 is 1.82 bits per heavy atom. The van der Waals surface area contributed by atoms with Gasteiger partial charge in [0.1, 0.15) is 0 Å². The first-order chi connectivity index (χ1) is 16.0. The van der Waals surface area contributed by atoms with Crippen molar-refractivity contribution in [3.05, 3.63) is 64.0 Å². The first kappa shape index (κ1) is 25.6. The van der Waals surface area contributed by atoms with Crippen LogP contribution in [0.25, 0.3) is 11.3 Å². The summed E-state index contributed by atoms with van der Waals surface area (Å²) in [4.78, 5) is 29.7. The van der Waals surface area contributed by atoms with Gasteiger partial charge in [0.2, 0.25) is 5.91 Å². The number of rotatable bonds is 8. The molecule has 0 aliphatic heterocycles. The molecule has 3 rings (SSSR count). The minimum Gasteiger partial charge on any atom is -0.343 e. The van der Waals surface area contributed by atoms with Crippen LogP contribution in [0.5, 0.6) is 0 Å². The second-order valence-electron chi connectivity index (χ2n) is 8.35. The van der Waals surface area contributed by atoms with Gasteiger partial charge >= 0.3 is 0 Å². The number of aryl methyl sites for hydroxylation is 3. The van der Waals surface area contributed by atoms with Gasteiger partial charge in [0.25, 0.3) is 5.91 Å². The third-order valence-corrected chi connectivity index (χ3v) is 8.54. The summed E-state index contributed by atoms with van der Waals surface area (Å²) in [5.41, 5.74) is 4.40. The van der Waals surface area contributed by atoms with Crippen LogP contribution in [-0.2, 0) is 21.1 Å². The predicted molar refractivity (Wildman–Crippen MR) is 136 cm³/mol. The number of amides is 2. The molecule has 2 amide bonds. The Hall–Kier alpha value is -3.04. The number of hydrogen-bond acceptors (Lipinski definition) is 6. The van der Waals surface area contributed by atoms with E-state index in [9.17, 15) is 18.0 Å². The summed E-state index contributed by atoms with van der Waals surface area (Å²) < 4.78 is 25.3. The van der Waals surface area contributed by atoms with Gasteiger partial charge in [-0.2, -0.15) is 0 Å². The molecule has 0 radical (unpaired) electrons. The van der Waals surface area contributed by atoms with Crippen molar-refractivity contribution in [1.82, 2.24) is 10.3 Å². The van der Waals surface area contributed by atoms with Crippen molar-refractivity contribution in [2.75, 3.05) is 11.9 Å². The zero-order valence-electron chi connectivity index (χ0n) is 19.9. The number of hydrogen-bond donors (Lipinski definition) is 2. The fourth-order valence-corrected chi connectivity index (χ4v) is 5.50. The molecule has 0 spiro atoms. The second-order valence-corrected chi connectivity index (χ2v) is 11.7. The van der Waals surface area contributed by atoms with E-state index in [1.165, 1.54) is 23.0 Å². The fraction of sp³-hybridized carbons (Fsp3) is 0.320. The molecule has 0 bridgehead atoms. The maximum atomic E-state index is 12.7. The molecule has 9 heteroatoms. The molecule has 0 fully saturated rings. The third-order valence-electron chi connectivity index (χ3n) is 5.48. The summed E-state index contributed by atoms with van der Waals surface area (Å²) in [5.74, 6) is -0.930.